The quantitative estimate of drug-likeness (QED) is 0.888. The molecule has 114 valence electrons. The molecule has 8 heteroatoms. The van der Waals surface area contributed by atoms with E-state index in [2.05, 4.69) is 21.9 Å². The fourth-order valence-electron chi connectivity index (χ4n) is 2.85. The van der Waals surface area contributed by atoms with Gasteiger partial charge in [0.05, 0.1) is 12.4 Å². The smallest absolute Gasteiger partial charge is 0.167 e. The molecule has 2 aromatic rings. The molecule has 2 aromatic heterocycles. The second-order valence-corrected chi connectivity index (χ2v) is 4.96. The molecule has 0 spiro atoms. The number of nitrogens with two attached hydrogens (primary N) is 1. The van der Waals surface area contributed by atoms with Gasteiger partial charge < -0.3 is 19.9 Å². The molecule has 0 amide bonds. The third kappa shape index (κ3) is 2.15. The van der Waals surface area contributed by atoms with Crippen LogP contribution in [0.2, 0.25) is 0 Å². The summed E-state index contributed by atoms with van der Waals surface area (Å²) >= 11 is 0. The second-order valence-electron chi connectivity index (χ2n) is 4.96. The highest BCUT2D eigenvalue weighted by molar-refractivity contribution is 5.81. The van der Waals surface area contributed by atoms with Crippen LogP contribution < -0.4 is 5.73 Å². The van der Waals surface area contributed by atoms with Crippen LogP contribution in [0, 0.1) is 0 Å². The van der Waals surface area contributed by atoms with Crippen molar-refractivity contribution >= 4 is 17.0 Å². The molecule has 0 bridgehead atoms. The lowest BCUT2D eigenvalue weighted by atomic mass is 10.1. The van der Waals surface area contributed by atoms with Crippen LogP contribution in [0.3, 0.4) is 0 Å². The average Bonchev–Trinajstić information content (AvgIpc) is 3.07. The van der Waals surface area contributed by atoms with Gasteiger partial charge >= 0.3 is 0 Å². The van der Waals surface area contributed by atoms with Crippen molar-refractivity contribution in [2.45, 2.75) is 37.9 Å². The zero-order chi connectivity index (χ0) is 15.0. The molecule has 1 aliphatic rings. The fraction of sp³-hybridized carbons (Fsp3) is 0.615. The number of hydrogen-bond acceptors (Lipinski definition) is 7. The first kappa shape index (κ1) is 14.2. The van der Waals surface area contributed by atoms with Crippen molar-refractivity contribution in [3.05, 3.63) is 12.7 Å². The maximum absolute atomic E-state index is 6.08. The minimum atomic E-state index is -0.357. The Morgan fingerprint density at radius 2 is 2.00 bits per heavy atom. The van der Waals surface area contributed by atoms with E-state index in [1.54, 1.807) is 20.5 Å². The minimum absolute atomic E-state index is 0.0402. The highest BCUT2D eigenvalue weighted by Crippen LogP contribution is 2.36. The lowest BCUT2D eigenvalue weighted by molar-refractivity contribution is -0.0517. The first-order chi connectivity index (χ1) is 10.2. The summed E-state index contributed by atoms with van der Waals surface area (Å²) in [6.07, 6.45) is 3.12. The summed E-state index contributed by atoms with van der Waals surface area (Å²) in [5.41, 5.74) is 7.00. The number of hydrogen-bond donors (Lipinski definition) is 1. The number of methoxy groups -OCH3 is 2. The van der Waals surface area contributed by atoms with Crippen molar-refractivity contribution < 1.29 is 14.2 Å². The van der Waals surface area contributed by atoms with Crippen LogP contribution >= 0.6 is 0 Å². The lowest BCUT2D eigenvalue weighted by Gasteiger charge is -2.21. The molecule has 1 aliphatic heterocycles. The van der Waals surface area contributed by atoms with Crippen LogP contribution in [-0.4, -0.2) is 52.1 Å². The number of anilines is 1. The third-order valence-corrected chi connectivity index (χ3v) is 3.89. The Morgan fingerprint density at radius 1 is 1.24 bits per heavy atom. The Hall–Kier alpha value is -1.77. The highest BCUT2D eigenvalue weighted by Gasteiger charge is 2.45. The van der Waals surface area contributed by atoms with Crippen molar-refractivity contribution in [2.75, 3.05) is 20.0 Å². The average molecular weight is 293 g/mol. The number of nitrogens with zero attached hydrogens (tertiary/aromatic N) is 4. The second kappa shape index (κ2) is 5.55. The molecule has 1 saturated heterocycles. The number of imidazole rings is 1. The van der Waals surface area contributed by atoms with Gasteiger partial charge in [-0.05, 0) is 6.42 Å². The molecule has 21 heavy (non-hydrogen) atoms. The molecular weight excluding hydrogens is 274 g/mol. The minimum Gasteiger partial charge on any atom is -0.382 e. The molecule has 0 radical (unpaired) electrons. The molecular formula is C13H19N5O3. The van der Waals surface area contributed by atoms with E-state index in [1.165, 1.54) is 6.33 Å². The number of rotatable bonds is 4. The van der Waals surface area contributed by atoms with Gasteiger partial charge in [0.2, 0.25) is 0 Å². The largest absolute Gasteiger partial charge is 0.382 e. The van der Waals surface area contributed by atoms with Gasteiger partial charge in [-0.3, -0.25) is 4.57 Å². The molecule has 2 N–H and O–H groups in total. The van der Waals surface area contributed by atoms with Gasteiger partial charge in [-0.2, -0.15) is 0 Å². The summed E-state index contributed by atoms with van der Waals surface area (Å²) in [5, 5.41) is 0. The Labute approximate surface area is 122 Å². The molecule has 1 fully saturated rings. The van der Waals surface area contributed by atoms with Crippen molar-refractivity contribution in [1.82, 2.24) is 19.5 Å². The topological polar surface area (TPSA) is 97.3 Å². The molecule has 8 nitrogen and oxygen atoms in total. The maximum Gasteiger partial charge on any atom is 0.167 e. The zero-order valence-corrected chi connectivity index (χ0v) is 12.3. The lowest BCUT2D eigenvalue weighted by Crippen LogP contribution is -2.34. The van der Waals surface area contributed by atoms with Gasteiger partial charge in [-0.1, -0.05) is 6.92 Å². The van der Waals surface area contributed by atoms with E-state index in [9.17, 15) is 0 Å². The third-order valence-electron chi connectivity index (χ3n) is 3.89. The number of fused-ring (bicyclic) bond motifs is 1. The van der Waals surface area contributed by atoms with Gasteiger partial charge in [0.1, 0.15) is 24.1 Å². The van der Waals surface area contributed by atoms with Gasteiger partial charge in [0, 0.05) is 14.2 Å². The Balaban J connectivity index is 2.03. The van der Waals surface area contributed by atoms with Gasteiger partial charge in [0.25, 0.3) is 0 Å². The van der Waals surface area contributed by atoms with Crippen molar-refractivity contribution in [3.63, 3.8) is 0 Å². The molecule has 0 unspecified atom stereocenters. The van der Waals surface area contributed by atoms with Crippen molar-refractivity contribution in [3.8, 4) is 0 Å². The summed E-state index contributed by atoms with van der Waals surface area (Å²) in [7, 11) is 3.31. The normalized spacial score (nSPS) is 29.3. The molecule has 0 aromatic carbocycles. The number of ether oxygens (including phenoxy) is 3. The SMILES string of the molecule is CC[C@H]1O[C@@H](n2cnc3c(N)ncnc32)[C@H](OC)[C@@H]1OC. The fourth-order valence-corrected chi connectivity index (χ4v) is 2.85. The number of aromatic nitrogens is 4. The van der Waals surface area contributed by atoms with Crippen LogP contribution in [0.5, 0.6) is 0 Å². The van der Waals surface area contributed by atoms with Crippen LogP contribution in [0.15, 0.2) is 12.7 Å². The Bertz CT molecular complexity index is 631. The van der Waals surface area contributed by atoms with Crippen LogP contribution in [0.1, 0.15) is 19.6 Å². The molecule has 3 heterocycles. The first-order valence-corrected chi connectivity index (χ1v) is 6.85. The first-order valence-electron chi connectivity index (χ1n) is 6.85. The van der Waals surface area contributed by atoms with Crippen molar-refractivity contribution in [1.29, 1.82) is 0 Å². The molecule has 3 rings (SSSR count). The van der Waals surface area contributed by atoms with Crippen LogP contribution in [-0.2, 0) is 14.2 Å². The molecule has 4 atom stereocenters. The Kier molecular flexibility index (Phi) is 3.75. The summed E-state index contributed by atoms with van der Waals surface area (Å²) in [4.78, 5) is 12.5. The van der Waals surface area contributed by atoms with E-state index >= 15 is 0 Å². The van der Waals surface area contributed by atoms with Crippen LogP contribution in [0.25, 0.3) is 11.2 Å². The van der Waals surface area contributed by atoms with E-state index in [4.69, 9.17) is 19.9 Å². The summed E-state index contributed by atoms with van der Waals surface area (Å²) in [6, 6.07) is 0. The predicted molar refractivity (Wildman–Crippen MR) is 75.5 cm³/mol. The van der Waals surface area contributed by atoms with Crippen LogP contribution in [0.4, 0.5) is 5.82 Å². The van der Waals surface area contributed by atoms with Gasteiger partial charge in [-0.25, -0.2) is 15.0 Å². The summed E-state index contributed by atoms with van der Waals surface area (Å²) in [6.45, 7) is 2.05. The highest BCUT2D eigenvalue weighted by atomic mass is 16.6. The van der Waals surface area contributed by atoms with Crippen molar-refractivity contribution in [2.24, 2.45) is 0 Å². The molecule has 0 aliphatic carbocycles. The zero-order valence-electron chi connectivity index (χ0n) is 12.3. The maximum atomic E-state index is 6.08. The summed E-state index contributed by atoms with van der Waals surface area (Å²) < 4.78 is 19.0. The molecule has 0 saturated carbocycles. The van der Waals surface area contributed by atoms with E-state index in [1.807, 2.05) is 4.57 Å². The van der Waals surface area contributed by atoms with E-state index < -0.39 is 0 Å². The monoisotopic (exact) mass is 293 g/mol. The Morgan fingerprint density at radius 3 is 2.67 bits per heavy atom. The van der Waals surface area contributed by atoms with Gasteiger partial charge in [-0.15, -0.1) is 0 Å². The number of nitrogen functional groups attached to an aromatic ring is 1. The van der Waals surface area contributed by atoms with Gasteiger partial charge in [0.15, 0.2) is 17.7 Å². The van der Waals surface area contributed by atoms with E-state index in [-0.39, 0.29) is 24.5 Å². The standard InChI is InChI=1S/C13H19N5O3/c1-4-7-9(19-2)10(20-3)13(21-7)18-6-17-8-11(14)15-5-16-12(8)18/h5-7,9-10,13H,4H2,1-3H3,(H2,14,15,16)/t7-,9-,10-,13-/m1/s1. The predicted octanol–water partition coefficient (Wildman–Crippen LogP) is 0.746. The van der Waals surface area contributed by atoms with E-state index in [0.29, 0.717) is 17.0 Å². The summed E-state index contributed by atoms with van der Waals surface area (Å²) in [5.74, 6) is 0.348. The van der Waals surface area contributed by atoms with E-state index in [0.717, 1.165) is 6.42 Å².